The average molecular weight is 417 g/mol. The highest BCUT2D eigenvalue weighted by Gasteiger charge is 2.35. The minimum Gasteiger partial charge on any atom is -0.0932 e. The Balaban J connectivity index is 1.77. The molecule has 0 amide bonds. The molecular formula is C29H41Al. The van der Waals surface area contributed by atoms with Crippen LogP contribution in [0.4, 0.5) is 0 Å². The summed E-state index contributed by atoms with van der Waals surface area (Å²) in [6.07, 6.45) is 16.6. The quantitative estimate of drug-likeness (QED) is 0.212. The van der Waals surface area contributed by atoms with Gasteiger partial charge < -0.3 is 0 Å². The first-order chi connectivity index (χ1) is 14.8. The number of allylic oxidation sites excluding steroid dienone is 1. The Hall–Kier alpha value is -1.29. The third-order valence-electron chi connectivity index (χ3n) is 6.91. The second kappa shape index (κ2) is 13.2. The largest absolute Gasteiger partial charge is 0.278 e. The first-order valence-electron chi connectivity index (χ1n) is 12.7. The summed E-state index contributed by atoms with van der Waals surface area (Å²) < 4.78 is 0.709. The molecule has 1 atom stereocenters. The van der Waals surface area contributed by atoms with E-state index in [1.807, 2.05) is 0 Å². The van der Waals surface area contributed by atoms with Gasteiger partial charge in [0.2, 0.25) is 0 Å². The molecule has 0 aromatic heterocycles. The van der Waals surface area contributed by atoms with Crippen LogP contribution >= 0.6 is 0 Å². The summed E-state index contributed by atoms with van der Waals surface area (Å²) in [6.45, 7) is 4.64. The van der Waals surface area contributed by atoms with E-state index in [4.69, 9.17) is 0 Å². The molecule has 30 heavy (non-hydrogen) atoms. The molecule has 0 aliphatic heterocycles. The average Bonchev–Trinajstić information content (AvgIpc) is 3.17. The highest BCUT2D eigenvalue weighted by atomic mass is 27.2. The van der Waals surface area contributed by atoms with Crippen molar-refractivity contribution >= 4 is 25.8 Å². The van der Waals surface area contributed by atoms with Gasteiger partial charge in [-0.2, -0.15) is 0 Å². The van der Waals surface area contributed by atoms with Gasteiger partial charge in [-0.3, -0.25) is 0 Å². The van der Waals surface area contributed by atoms with Gasteiger partial charge in [0.15, 0.2) is 0 Å². The molecule has 1 aliphatic carbocycles. The van der Waals surface area contributed by atoms with E-state index in [2.05, 4.69) is 74.5 Å². The van der Waals surface area contributed by atoms with Gasteiger partial charge in [0.05, 0.1) is 0 Å². The van der Waals surface area contributed by atoms with Crippen molar-refractivity contribution in [2.75, 3.05) is 0 Å². The van der Waals surface area contributed by atoms with Crippen molar-refractivity contribution in [3.8, 4) is 0 Å². The molecule has 1 aliphatic rings. The molecule has 0 heterocycles. The Morgan fingerprint density at radius 2 is 1.20 bits per heavy atom. The van der Waals surface area contributed by atoms with Gasteiger partial charge in [0, 0.05) is 0 Å². The monoisotopic (exact) mass is 416 g/mol. The predicted octanol–water partition coefficient (Wildman–Crippen LogP) is 9.30. The van der Waals surface area contributed by atoms with Crippen molar-refractivity contribution < 1.29 is 0 Å². The van der Waals surface area contributed by atoms with Crippen molar-refractivity contribution in [1.82, 2.24) is 0 Å². The van der Waals surface area contributed by atoms with E-state index in [1.165, 1.54) is 85.9 Å². The van der Waals surface area contributed by atoms with E-state index >= 15 is 0 Å². The Morgan fingerprint density at radius 3 is 1.83 bits per heavy atom. The molecule has 0 bridgehead atoms. The minimum atomic E-state index is -0.922. The van der Waals surface area contributed by atoms with Crippen LogP contribution < -0.4 is 0 Å². The van der Waals surface area contributed by atoms with E-state index in [0.29, 0.717) is 4.78 Å². The Bertz CT molecular complexity index is 747. The lowest BCUT2D eigenvalue weighted by molar-refractivity contribution is 0.643. The van der Waals surface area contributed by atoms with Crippen LogP contribution in [0.2, 0.25) is 10.6 Å². The zero-order valence-corrected chi connectivity index (χ0v) is 20.6. The molecule has 0 spiro atoms. The molecule has 3 rings (SSSR count). The van der Waals surface area contributed by atoms with Crippen LogP contribution in [0.25, 0.3) is 11.6 Å². The van der Waals surface area contributed by atoms with E-state index < -0.39 is 14.1 Å². The normalized spacial score (nSPS) is 15.1. The molecule has 1 heteroatoms. The van der Waals surface area contributed by atoms with Crippen LogP contribution in [0.5, 0.6) is 0 Å². The molecule has 0 radical (unpaired) electrons. The Labute approximate surface area is 190 Å². The van der Waals surface area contributed by atoms with Crippen molar-refractivity contribution in [3.63, 3.8) is 0 Å². The second-order valence-corrected chi connectivity index (χ2v) is 12.6. The maximum absolute atomic E-state index is 2.52. The fourth-order valence-electron chi connectivity index (χ4n) is 5.25. The smallest absolute Gasteiger partial charge is 0.0932 e. The van der Waals surface area contributed by atoms with Gasteiger partial charge >= 0.3 is 0 Å². The molecule has 2 aromatic rings. The van der Waals surface area contributed by atoms with Crippen LogP contribution in [0.1, 0.15) is 99.5 Å². The summed E-state index contributed by atoms with van der Waals surface area (Å²) in [5.74, 6) is 0. The summed E-state index contributed by atoms with van der Waals surface area (Å²) in [5.41, 5.74) is 6.19. The molecule has 0 saturated carbocycles. The fraction of sp³-hybridized carbons (Fsp3) is 0.517. The molecule has 1 unspecified atom stereocenters. The summed E-state index contributed by atoms with van der Waals surface area (Å²) in [7, 11) is 0. The third kappa shape index (κ3) is 6.60. The SMILES string of the molecule is CCCCCC[CH2][Al]([CH2]CCCCCC)[CH]1C(c2ccccc2)=Cc2ccccc21. The van der Waals surface area contributed by atoms with E-state index in [-0.39, 0.29) is 0 Å². The zero-order chi connectivity index (χ0) is 21.0. The van der Waals surface area contributed by atoms with Gasteiger partial charge in [-0.1, -0.05) is 149 Å². The van der Waals surface area contributed by atoms with Gasteiger partial charge in [-0.05, 0) is 27.0 Å². The highest BCUT2D eigenvalue weighted by Crippen LogP contribution is 2.45. The lowest BCUT2D eigenvalue weighted by Crippen LogP contribution is -2.24. The van der Waals surface area contributed by atoms with E-state index in [0.717, 1.165) is 0 Å². The molecule has 0 fully saturated rings. The predicted molar refractivity (Wildman–Crippen MR) is 136 cm³/mol. The van der Waals surface area contributed by atoms with Crippen molar-refractivity contribution in [2.24, 2.45) is 0 Å². The van der Waals surface area contributed by atoms with E-state index in [9.17, 15) is 0 Å². The number of unbranched alkanes of at least 4 members (excludes halogenated alkanes) is 8. The summed E-state index contributed by atoms with van der Waals surface area (Å²) in [5, 5.41) is 3.03. The lowest BCUT2D eigenvalue weighted by atomic mass is 10.0. The van der Waals surface area contributed by atoms with Gasteiger partial charge in [-0.15, -0.1) is 0 Å². The number of rotatable bonds is 14. The van der Waals surface area contributed by atoms with Crippen LogP contribution in [-0.4, -0.2) is 14.1 Å². The highest BCUT2D eigenvalue weighted by molar-refractivity contribution is 6.63. The minimum absolute atomic E-state index is 0.709. The Kier molecular flexibility index (Phi) is 10.3. The van der Waals surface area contributed by atoms with Crippen LogP contribution in [0.3, 0.4) is 0 Å². The number of benzene rings is 2. The summed E-state index contributed by atoms with van der Waals surface area (Å²) in [4.78, 5) is 0. The zero-order valence-electron chi connectivity index (χ0n) is 19.4. The summed E-state index contributed by atoms with van der Waals surface area (Å²) >= 11 is -0.922. The van der Waals surface area contributed by atoms with Crippen molar-refractivity contribution in [3.05, 3.63) is 71.3 Å². The van der Waals surface area contributed by atoms with Gasteiger partial charge in [0.25, 0.3) is 14.1 Å². The van der Waals surface area contributed by atoms with Gasteiger partial charge in [-0.25, -0.2) is 0 Å². The van der Waals surface area contributed by atoms with Crippen LogP contribution in [-0.2, 0) is 0 Å². The molecule has 160 valence electrons. The maximum Gasteiger partial charge on any atom is 0.278 e. The standard InChI is InChI=1S/C15H11.2C7H15.Al/c1-2-6-12(7-3-1)15-10-13-8-4-5-9-14(13)11-15;2*1-3-5-7-6-4-2;/h1-11H;2*1,3-7H2,2H3;. The first-order valence-corrected chi connectivity index (χ1v) is 15.0. The van der Waals surface area contributed by atoms with Crippen LogP contribution in [0, 0.1) is 0 Å². The van der Waals surface area contributed by atoms with Gasteiger partial charge in [0.1, 0.15) is 0 Å². The third-order valence-corrected chi connectivity index (χ3v) is 10.9. The van der Waals surface area contributed by atoms with Crippen molar-refractivity contribution in [2.45, 2.75) is 93.4 Å². The molecule has 0 saturated heterocycles. The number of hydrogen-bond donors (Lipinski definition) is 0. The fourth-order valence-corrected chi connectivity index (χ4v) is 9.44. The van der Waals surface area contributed by atoms with E-state index in [1.54, 1.807) is 11.1 Å². The first kappa shape index (κ1) is 23.4. The second-order valence-electron chi connectivity index (χ2n) is 9.24. The Morgan fingerprint density at radius 1 is 0.633 bits per heavy atom. The summed E-state index contributed by atoms with van der Waals surface area (Å²) in [6, 6.07) is 20.5. The molecule has 0 N–H and O–H groups in total. The molecular weight excluding hydrogens is 375 g/mol. The lowest BCUT2D eigenvalue weighted by Gasteiger charge is -2.24. The van der Waals surface area contributed by atoms with Crippen LogP contribution in [0.15, 0.2) is 54.6 Å². The number of fused-ring (bicyclic) bond motifs is 1. The molecule has 0 nitrogen and oxygen atoms in total. The topological polar surface area (TPSA) is 0 Å². The maximum atomic E-state index is 2.52. The van der Waals surface area contributed by atoms with Crippen molar-refractivity contribution in [1.29, 1.82) is 0 Å². The molecule has 2 aromatic carbocycles. The number of hydrogen-bond acceptors (Lipinski definition) is 0.